The molecule has 2 atom stereocenters. The quantitative estimate of drug-likeness (QED) is 0.885. The van der Waals surface area contributed by atoms with Crippen molar-refractivity contribution in [3.63, 3.8) is 0 Å². The Kier molecular flexibility index (Phi) is 4.60. The molecule has 0 spiro atoms. The highest BCUT2D eigenvalue weighted by molar-refractivity contribution is 5.79. The number of carbonyl (C=O) groups excluding carboxylic acids is 1. The van der Waals surface area contributed by atoms with Crippen molar-refractivity contribution in [2.75, 3.05) is 25.0 Å². The van der Waals surface area contributed by atoms with E-state index in [1.165, 1.54) is 11.0 Å². The van der Waals surface area contributed by atoms with E-state index in [1.54, 1.807) is 40.1 Å². The van der Waals surface area contributed by atoms with E-state index in [4.69, 9.17) is 4.74 Å². The Morgan fingerprint density at radius 3 is 2.81 bits per heavy atom. The summed E-state index contributed by atoms with van der Waals surface area (Å²) in [6.07, 6.45) is -0.137. The van der Waals surface area contributed by atoms with Gasteiger partial charge in [0.05, 0.1) is 24.5 Å². The first-order valence-electron chi connectivity index (χ1n) is 8.44. The van der Waals surface area contributed by atoms with Crippen molar-refractivity contribution in [2.45, 2.75) is 38.6 Å². The molecule has 0 bridgehead atoms. The zero-order valence-electron chi connectivity index (χ0n) is 15.3. The van der Waals surface area contributed by atoms with Gasteiger partial charge in [0.15, 0.2) is 5.65 Å². The molecule has 8 heteroatoms. The second-order valence-electron chi connectivity index (χ2n) is 7.49. The van der Waals surface area contributed by atoms with Gasteiger partial charge in [0, 0.05) is 25.0 Å². The maximum Gasteiger partial charge on any atom is 0.410 e. The number of ether oxygens (including phenoxy) is 1. The number of alkyl halides is 1. The maximum atomic E-state index is 14.6. The number of hydrogen-bond donors (Lipinski definition) is 1. The number of amides is 1. The Balaban J connectivity index is 1.76. The molecule has 0 aliphatic carbocycles. The Morgan fingerprint density at radius 2 is 2.12 bits per heavy atom. The Bertz CT molecular complexity index is 824. The van der Waals surface area contributed by atoms with Crippen molar-refractivity contribution in [1.29, 1.82) is 0 Å². The molecule has 140 valence electrons. The lowest BCUT2D eigenvalue weighted by Crippen LogP contribution is -2.45. The van der Waals surface area contributed by atoms with Crippen LogP contribution in [0.2, 0.25) is 0 Å². The minimum atomic E-state index is -1.19. The minimum absolute atomic E-state index is 0.0956. The van der Waals surface area contributed by atoms with Gasteiger partial charge in [-0.2, -0.15) is 4.98 Å². The van der Waals surface area contributed by atoms with Gasteiger partial charge >= 0.3 is 6.09 Å². The monoisotopic (exact) mass is 362 g/mol. The number of hydrogen-bond acceptors (Lipinski definition) is 6. The van der Waals surface area contributed by atoms with E-state index >= 15 is 0 Å². The molecule has 2 aromatic rings. The summed E-state index contributed by atoms with van der Waals surface area (Å²) in [7, 11) is 1.56. The van der Waals surface area contributed by atoms with Crippen molar-refractivity contribution in [1.82, 2.24) is 14.9 Å². The first-order valence-corrected chi connectivity index (χ1v) is 8.44. The van der Waals surface area contributed by atoms with Crippen LogP contribution in [-0.4, -0.2) is 64.0 Å². The minimum Gasteiger partial charge on any atom is -0.493 e. The normalized spacial score (nSPS) is 20.4. The smallest absolute Gasteiger partial charge is 0.410 e. The van der Waals surface area contributed by atoms with E-state index in [2.05, 4.69) is 9.97 Å². The SMILES string of the molecule is CN(C(=O)OC(C)(C)C)[C@H]1CN(c2cnc3nc(O)ccc3c2)C[C@@H]1F. The van der Waals surface area contributed by atoms with Crippen molar-refractivity contribution in [3.8, 4) is 5.88 Å². The largest absolute Gasteiger partial charge is 0.493 e. The van der Waals surface area contributed by atoms with Gasteiger partial charge in [-0.3, -0.25) is 0 Å². The number of nitrogens with zero attached hydrogens (tertiary/aromatic N) is 4. The molecular formula is C18H23FN4O3. The first kappa shape index (κ1) is 18.2. The summed E-state index contributed by atoms with van der Waals surface area (Å²) < 4.78 is 19.9. The average Bonchev–Trinajstić information content (AvgIpc) is 2.93. The van der Waals surface area contributed by atoms with E-state index in [0.717, 1.165) is 11.1 Å². The van der Waals surface area contributed by atoms with Gasteiger partial charge in [-0.15, -0.1) is 0 Å². The number of aromatic nitrogens is 2. The van der Waals surface area contributed by atoms with Gasteiger partial charge in [0.2, 0.25) is 5.88 Å². The summed E-state index contributed by atoms with van der Waals surface area (Å²) in [5.41, 5.74) is 0.538. The van der Waals surface area contributed by atoms with Gasteiger partial charge in [-0.1, -0.05) is 0 Å². The molecule has 26 heavy (non-hydrogen) atoms. The summed E-state index contributed by atoms with van der Waals surface area (Å²) in [5.74, 6) is -0.0956. The van der Waals surface area contributed by atoms with Crippen LogP contribution in [0.3, 0.4) is 0 Å². The van der Waals surface area contributed by atoms with Crippen LogP contribution in [0.5, 0.6) is 5.88 Å². The molecule has 0 saturated carbocycles. The van der Waals surface area contributed by atoms with Crippen LogP contribution in [0.15, 0.2) is 24.4 Å². The van der Waals surface area contributed by atoms with E-state index in [-0.39, 0.29) is 12.4 Å². The van der Waals surface area contributed by atoms with Crippen LogP contribution in [0, 0.1) is 0 Å². The number of likely N-dealkylation sites (N-methyl/N-ethyl adjacent to an activating group) is 1. The third-order valence-electron chi connectivity index (χ3n) is 4.28. The molecule has 2 aromatic heterocycles. The maximum absolute atomic E-state index is 14.6. The zero-order chi connectivity index (χ0) is 19.1. The predicted molar refractivity (Wildman–Crippen MR) is 96.1 cm³/mol. The summed E-state index contributed by atoms with van der Waals surface area (Å²) >= 11 is 0. The van der Waals surface area contributed by atoms with Crippen LogP contribution < -0.4 is 4.90 Å². The lowest BCUT2D eigenvalue weighted by molar-refractivity contribution is 0.0183. The fraction of sp³-hybridized carbons (Fsp3) is 0.500. The molecule has 1 aliphatic rings. The molecule has 3 heterocycles. The number of fused-ring (bicyclic) bond motifs is 1. The number of anilines is 1. The lowest BCUT2D eigenvalue weighted by atomic mass is 10.2. The molecule has 0 radical (unpaired) electrons. The zero-order valence-corrected chi connectivity index (χ0v) is 15.3. The van der Waals surface area contributed by atoms with Crippen molar-refractivity contribution < 1.29 is 19.0 Å². The summed E-state index contributed by atoms with van der Waals surface area (Å²) in [5, 5.41) is 10.2. The summed E-state index contributed by atoms with van der Waals surface area (Å²) in [4.78, 5) is 23.5. The lowest BCUT2D eigenvalue weighted by Gasteiger charge is -2.29. The molecule has 1 saturated heterocycles. The third kappa shape index (κ3) is 3.79. The van der Waals surface area contributed by atoms with E-state index in [1.807, 2.05) is 11.0 Å². The second kappa shape index (κ2) is 6.59. The first-order chi connectivity index (χ1) is 12.1. The molecule has 3 rings (SSSR count). The van der Waals surface area contributed by atoms with Crippen LogP contribution in [0.4, 0.5) is 14.9 Å². The number of halogens is 1. The van der Waals surface area contributed by atoms with Crippen LogP contribution in [0.1, 0.15) is 20.8 Å². The highest BCUT2D eigenvalue weighted by atomic mass is 19.1. The van der Waals surface area contributed by atoms with Crippen molar-refractivity contribution >= 4 is 22.8 Å². The average molecular weight is 362 g/mol. The highest BCUT2D eigenvalue weighted by Gasteiger charge is 2.39. The standard InChI is InChI=1S/C18H23FN4O3/c1-18(2,3)26-17(25)22(4)14-10-23(9-13(14)19)12-7-11-5-6-15(24)21-16(11)20-8-12/h5-8,13-14H,9-10H2,1-4H3,(H,20,21,24)/t13-,14-/m0/s1. The summed E-state index contributed by atoms with van der Waals surface area (Å²) in [6.45, 7) is 5.84. The Hall–Kier alpha value is -2.64. The van der Waals surface area contributed by atoms with Gasteiger partial charge in [0.1, 0.15) is 11.8 Å². The highest BCUT2D eigenvalue weighted by Crippen LogP contribution is 2.27. The van der Waals surface area contributed by atoms with Crippen LogP contribution in [0.25, 0.3) is 11.0 Å². The number of rotatable bonds is 2. The van der Waals surface area contributed by atoms with E-state index in [9.17, 15) is 14.3 Å². The molecule has 7 nitrogen and oxygen atoms in total. The topological polar surface area (TPSA) is 78.8 Å². The van der Waals surface area contributed by atoms with Crippen molar-refractivity contribution in [3.05, 3.63) is 24.4 Å². The van der Waals surface area contributed by atoms with Gasteiger partial charge in [0.25, 0.3) is 0 Å². The van der Waals surface area contributed by atoms with Gasteiger partial charge in [-0.25, -0.2) is 14.2 Å². The van der Waals surface area contributed by atoms with Crippen molar-refractivity contribution in [2.24, 2.45) is 0 Å². The van der Waals surface area contributed by atoms with Gasteiger partial charge in [-0.05, 0) is 32.9 Å². The fourth-order valence-electron chi connectivity index (χ4n) is 2.95. The molecule has 1 amide bonds. The van der Waals surface area contributed by atoms with Crippen LogP contribution in [-0.2, 0) is 4.74 Å². The summed E-state index contributed by atoms with van der Waals surface area (Å²) in [6, 6.07) is 4.44. The van der Waals surface area contributed by atoms with Crippen LogP contribution >= 0.6 is 0 Å². The molecular weight excluding hydrogens is 339 g/mol. The number of aromatic hydroxyl groups is 1. The number of pyridine rings is 2. The number of carbonyl (C=O) groups is 1. The second-order valence-corrected chi connectivity index (χ2v) is 7.49. The van der Waals surface area contributed by atoms with E-state index in [0.29, 0.717) is 12.2 Å². The third-order valence-corrected chi connectivity index (χ3v) is 4.28. The Morgan fingerprint density at radius 1 is 1.38 bits per heavy atom. The molecule has 1 aliphatic heterocycles. The fourth-order valence-corrected chi connectivity index (χ4v) is 2.95. The molecule has 0 unspecified atom stereocenters. The Labute approximate surface area is 151 Å². The predicted octanol–water partition coefficient (Wildman–Crippen LogP) is 2.73. The molecule has 1 N–H and O–H groups in total. The van der Waals surface area contributed by atoms with Gasteiger partial charge < -0.3 is 19.6 Å². The molecule has 0 aromatic carbocycles. The van der Waals surface area contributed by atoms with E-state index < -0.39 is 23.9 Å². The molecule has 1 fully saturated rings.